The number of carbonyl (C=O) groups excluding carboxylic acids is 1. The van der Waals surface area contributed by atoms with Crippen LogP contribution in [0.25, 0.3) is 0 Å². The van der Waals surface area contributed by atoms with Crippen LogP contribution in [0.15, 0.2) is 18.2 Å². The minimum atomic E-state index is -3.41. The Kier molecular flexibility index (Phi) is 2.91. The first-order valence-corrected chi connectivity index (χ1v) is 6.90. The van der Waals surface area contributed by atoms with Crippen LogP contribution < -0.4 is 4.31 Å². The minimum Gasteiger partial charge on any atom is -0.294 e. The zero-order valence-electron chi connectivity index (χ0n) is 9.31. The Morgan fingerprint density at radius 1 is 1.41 bits per heavy atom. The van der Waals surface area contributed by atoms with E-state index in [2.05, 4.69) is 0 Å². The molecule has 1 aromatic carbocycles. The van der Waals surface area contributed by atoms with Gasteiger partial charge in [0.05, 0.1) is 11.4 Å². The second kappa shape index (κ2) is 4.10. The van der Waals surface area contributed by atoms with Crippen LogP contribution in [-0.4, -0.2) is 26.5 Å². The second-order valence-corrected chi connectivity index (χ2v) is 5.99. The number of hydrogen-bond acceptors (Lipinski definition) is 3. The smallest absolute Gasteiger partial charge is 0.234 e. The Morgan fingerprint density at radius 3 is 2.76 bits per heavy atom. The highest BCUT2D eigenvalue weighted by atomic mass is 32.2. The van der Waals surface area contributed by atoms with Gasteiger partial charge in [0.1, 0.15) is 5.82 Å². The van der Waals surface area contributed by atoms with Gasteiger partial charge in [-0.15, -0.1) is 0 Å². The molecule has 17 heavy (non-hydrogen) atoms. The molecule has 0 spiro atoms. The van der Waals surface area contributed by atoms with Crippen LogP contribution >= 0.6 is 0 Å². The maximum Gasteiger partial charge on any atom is 0.234 e. The van der Waals surface area contributed by atoms with Gasteiger partial charge in [0.25, 0.3) is 0 Å². The predicted molar refractivity (Wildman–Crippen MR) is 62.2 cm³/mol. The van der Waals surface area contributed by atoms with Gasteiger partial charge in [-0.1, -0.05) is 0 Å². The largest absolute Gasteiger partial charge is 0.294 e. The van der Waals surface area contributed by atoms with E-state index < -0.39 is 15.8 Å². The Labute approximate surface area is 99.1 Å². The van der Waals surface area contributed by atoms with Gasteiger partial charge in [-0.3, -0.25) is 9.10 Å². The van der Waals surface area contributed by atoms with Crippen molar-refractivity contribution in [1.82, 2.24) is 0 Å². The Hall–Kier alpha value is -1.43. The summed E-state index contributed by atoms with van der Waals surface area (Å²) in [7, 11) is -3.41. The molecule has 0 saturated carbocycles. The van der Waals surface area contributed by atoms with Gasteiger partial charge < -0.3 is 0 Å². The molecule has 1 aliphatic heterocycles. The number of benzene rings is 1. The summed E-state index contributed by atoms with van der Waals surface area (Å²) in [4.78, 5) is 11.6. The number of rotatable bonds is 2. The van der Waals surface area contributed by atoms with Crippen molar-refractivity contribution in [3.05, 3.63) is 29.6 Å². The normalized spacial score (nSPS) is 15.9. The average Bonchev–Trinajstić information content (AvgIpc) is 2.30. The van der Waals surface area contributed by atoms with E-state index in [0.29, 0.717) is 0 Å². The van der Waals surface area contributed by atoms with Crippen LogP contribution in [0.4, 0.5) is 10.1 Å². The van der Waals surface area contributed by atoms with Crippen LogP contribution in [0.1, 0.15) is 23.7 Å². The predicted octanol–water partition coefficient (Wildman–Crippen LogP) is 1.57. The lowest BCUT2D eigenvalue weighted by Gasteiger charge is -2.29. The molecule has 0 N–H and O–H groups in total. The van der Waals surface area contributed by atoms with Gasteiger partial charge in [-0.25, -0.2) is 12.8 Å². The third-order valence-electron chi connectivity index (χ3n) is 2.77. The summed E-state index contributed by atoms with van der Waals surface area (Å²) in [5, 5.41) is 0. The minimum absolute atomic E-state index is 0.0436. The number of fused-ring (bicyclic) bond motifs is 1. The molecule has 92 valence electrons. The molecule has 0 bridgehead atoms. The van der Waals surface area contributed by atoms with E-state index in [1.807, 2.05) is 0 Å². The van der Waals surface area contributed by atoms with E-state index in [1.54, 1.807) is 0 Å². The number of ketones is 1. The summed E-state index contributed by atoms with van der Waals surface area (Å²) < 4.78 is 37.9. The third-order valence-corrected chi connectivity index (χ3v) is 4.55. The number of anilines is 1. The summed E-state index contributed by atoms with van der Waals surface area (Å²) in [6.45, 7) is 1.67. The van der Waals surface area contributed by atoms with E-state index in [0.717, 1.165) is 12.1 Å². The van der Waals surface area contributed by atoms with Gasteiger partial charge in [0.2, 0.25) is 10.0 Å². The number of carbonyl (C=O) groups is 1. The number of nitrogens with zero attached hydrogens (tertiary/aromatic N) is 1. The van der Waals surface area contributed by atoms with Gasteiger partial charge in [-0.05, 0) is 25.1 Å². The van der Waals surface area contributed by atoms with Gasteiger partial charge in [0, 0.05) is 18.5 Å². The lowest BCUT2D eigenvalue weighted by Crippen LogP contribution is -2.38. The molecule has 2 rings (SSSR count). The molecular formula is C11H12FNO3S. The van der Waals surface area contributed by atoms with Crippen molar-refractivity contribution in [3.8, 4) is 0 Å². The fourth-order valence-electron chi connectivity index (χ4n) is 1.85. The molecule has 0 amide bonds. The molecule has 4 nitrogen and oxygen atoms in total. The second-order valence-electron chi connectivity index (χ2n) is 3.81. The Morgan fingerprint density at radius 2 is 2.12 bits per heavy atom. The summed E-state index contributed by atoms with van der Waals surface area (Å²) in [5.41, 5.74) is 0.428. The highest BCUT2D eigenvalue weighted by Crippen LogP contribution is 2.29. The maximum atomic E-state index is 13.1. The third kappa shape index (κ3) is 2.04. The quantitative estimate of drug-likeness (QED) is 0.808. The number of hydrogen-bond donors (Lipinski definition) is 0. The van der Waals surface area contributed by atoms with E-state index in [-0.39, 0.29) is 35.8 Å². The monoisotopic (exact) mass is 257 g/mol. The first-order valence-electron chi connectivity index (χ1n) is 5.29. The number of Topliss-reactive ketones (excluding diaryl/α,β-unsaturated/α-hetero) is 1. The Balaban J connectivity index is 2.58. The van der Waals surface area contributed by atoms with E-state index in [4.69, 9.17) is 0 Å². The molecular weight excluding hydrogens is 245 g/mol. The molecule has 1 aromatic rings. The molecule has 0 aromatic heterocycles. The topological polar surface area (TPSA) is 54.5 Å². The summed E-state index contributed by atoms with van der Waals surface area (Å²) in [6, 6.07) is 3.60. The van der Waals surface area contributed by atoms with Gasteiger partial charge >= 0.3 is 0 Å². The molecule has 0 unspecified atom stereocenters. The lowest BCUT2D eigenvalue weighted by molar-refractivity contribution is 0.0981. The van der Waals surface area contributed by atoms with Crippen molar-refractivity contribution in [2.75, 3.05) is 16.6 Å². The summed E-state index contributed by atoms with van der Waals surface area (Å²) >= 11 is 0. The van der Waals surface area contributed by atoms with E-state index in [1.165, 1.54) is 17.3 Å². The molecule has 0 radical (unpaired) electrons. The van der Waals surface area contributed by atoms with Crippen molar-refractivity contribution in [2.24, 2.45) is 0 Å². The lowest BCUT2D eigenvalue weighted by atomic mass is 10.0. The zero-order valence-corrected chi connectivity index (χ0v) is 10.1. The van der Waals surface area contributed by atoms with E-state index in [9.17, 15) is 17.6 Å². The molecule has 1 aliphatic rings. The average molecular weight is 257 g/mol. The maximum absolute atomic E-state index is 13.1. The van der Waals surface area contributed by atoms with Crippen molar-refractivity contribution in [3.63, 3.8) is 0 Å². The molecule has 0 saturated heterocycles. The van der Waals surface area contributed by atoms with Crippen molar-refractivity contribution < 1.29 is 17.6 Å². The summed E-state index contributed by atoms with van der Waals surface area (Å²) in [5.74, 6) is -0.798. The van der Waals surface area contributed by atoms with Crippen molar-refractivity contribution in [1.29, 1.82) is 0 Å². The fourth-order valence-corrected chi connectivity index (χ4v) is 2.99. The summed E-state index contributed by atoms with van der Waals surface area (Å²) in [6.07, 6.45) is 0.0929. The molecule has 0 aliphatic carbocycles. The van der Waals surface area contributed by atoms with Gasteiger partial charge in [-0.2, -0.15) is 0 Å². The van der Waals surface area contributed by atoms with E-state index >= 15 is 0 Å². The highest BCUT2D eigenvalue weighted by Gasteiger charge is 2.30. The Bertz CT molecular complexity index is 568. The first kappa shape index (κ1) is 12.0. The van der Waals surface area contributed by atoms with Crippen LogP contribution in [0.2, 0.25) is 0 Å². The fraction of sp³-hybridized carbons (Fsp3) is 0.364. The first-order chi connectivity index (χ1) is 7.95. The molecule has 0 fully saturated rings. The van der Waals surface area contributed by atoms with Crippen molar-refractivity contribution >= 4 is 21.5 Å². The molecule has 1 heterocycles. The van der Waals surface area contributed by atoms with Crippen molar-refractivity contribution in [2.45, 2.75) is 13.3 Å². The van der Waals surface area contributed by atoms with Crippen LogP contribution in [0.5, 0.6) is 0 Å². The SMILES string of the molecule is CCS(=O)(=O)N1CCC(=O)c2cc(F)ccc21. The number of sulfonamides is 1. The zero-order chi connectivity index (χ0) is 12.6. The molecule has 6 heteroatoms. The molecule has 0 atom stereocenters. The highest BCUT2D eigenvalue weighted by molar-refractivity contribution is 7.92. The van der Waals surface area contributed by atoms with Crippen LogP contribution in [0.3, 0.4) is 0 Å². The van der Waals surface area contributed by atoms with Gasteiger partial charge in [0.15, 0.2) is 5.78 Å². The standard InChI is InChI=1S/C11H12FNO3S/c1-2-17(15,16)13-6-5-11(14)9-7-8(12)3-4-10(9)13/h3-4,7H,2,5-6H2,1H3. The number of halogens is 1. The van der Waals surface area contributed by atoms with Crippen LogP contribution in [0, 0.1) is 5.82 Å². The van der Waals surface area contributed by atoms with Crippen LogP contribution in [-0.2, 0) is 10.0 Å².